The number of nitrogens with one attached hydrogen (secondary N) is 1. The van der Waals surface area contributed by atoms with Crippen molar-refractivity contribution in [1.29, 1.82) is 0 Å². The predicted octanol–water partition coefficient (Wildman–Crippen LogP) is 2.03. The van der Waals surface area contributed by atoms with Crippen molar-refractivity contribution in [2.24, 2.45) is 5.92 Å². The molecule has 1 saturated carbocycles. The summed E-state index contributed by atoms with van der Waals surface area (Å²) in [5.74, 6) is -1.15. The van der Waals surface area contributed by atoms with Crippen molar-refractivity contribution < 1.29 is 14.7 Å². The molecule has 1 aromatic rings. The van der Waals surface area contributed by atoms with E-state index in [-0.39, 0.29) is 17.7 Å². The van der Waals surface area contributed by atoms with Crippen LogP contribution in [0.5, 0.6) is 0 Å². The molecule has 96 valence electrons. The van der Waals surface area contributed by atoms with E-state index in [9.17, 15) is 9.59 Å². The number of carbonyl (C=O) groups excluding carboxylic acids is 1. The first kappa shape index (κ1) is 12.9. The fraction of sp³-hybridized carbons (Fsp3) is 0.385. The molecule has 5 heteroatoms. The maximum atomic E-state index is 11.8. The van der Waals surface area contributed by atoms with Crippen molar-refractivity contribution in [3.63, 3.8) is 0 Å². The average Bonchev–Trinajstić information content (AvgIpc) is 3.09. The second kappa shape index (κ2) is 4.98. The lowest BCUT2D eigenvalue weighted by atomic mass is 10.1. The number of carboxylic acids is 1. The van der Waals surface area contributed by atoms with Crippen LogP contribution in [0.4, 0.5) is 0 Å². The number of carboxylic acid groups (broad SMARTS) is 1. The Bertz CT molecular complexity index is 472. The van der Waals surface area contributed by atoms with Gasteiger partial charge in [-0.1, -0.05) is 23.7 Å². The molecule has 3 atom stereocenters. The Hall–Kier alpha value is -1.55. The summed E-state index contributed by atoms with van der Waals surface area (Å²) in [5.41, 5.74) is 1.07. The summed E-state index contributed by atoms with van der Waals surface area (Å²) >= 11 is 5.79. The first-order chi connectivity index (χ1) is 8.49. The van der Waals surface area contributed by atoms with E-state index in [1.54, 1.807) is 12.1 Å². The van der Waals surface area contributed by atoms with Gasteiger partial charge < -0.3 is 10.4 Å². The van der Waals surface area contributed by atoms with Gasteiger partial charge in [0.2, 0.25) is 5.91 Å². The monoisotopic (exact) mass is 267 g/mol. The van der Waals surface area contributed by atoms with Crippen LogP contribution >= 0.6 is 11.6 Å². The highest BCUT2D eigenvalue weighted by atomic mass is 35.5. The number of benzene rings is 1. The summed E-state index contributed by atoms with van der Waals surface area (Å²) in [5, 5.41) is 11.9. The van der Waals surface area contributed by atoms with Crippen molar-refractivity contribution >= 4 is 23.5 Å². The highest BCUT2D eigenvalue weighted by molar-refractivity contribution is 6.30. The van der Waals surface area contributed by atoms with E-state index in [2.05, 4.69) is 5.32 Å². The summed E-state index contributed by atoms with van der Waals surface area (Å²) in [6.07, 6.45) is 0.764. The third-order valence-corrected chi connectivity index (χ3v) is 3.41. The lowest BCUT2D eigenvalue weighted by Crippen LogP contribution is -2.39. The molecule has 1 fully saturated rings. The van der Waals surface area contributed by atoms with E-state index in [0.717, 1.165) is 12.0 Å². The molecular weight excluding hydrogens is 254 g/mol. The van der Waals surface area contributed by atoms with Crippen molar-refractivity contribution in [2.45, 2.75) is 25.3 Å². The highest BCUT2D eigenvalue weighted by Gasteiger charge is 2.44. The molecule has 2 rings (SSSR count). The van der Waals surface area contributed by atoms with Crippen LogP contribution in [0.2, 0.25) is 5.02 Å². The number of halogens is 1. The molecule has 0 heterocycles. The molecule has 0 spiro atoms. The van der Waals surface area contributed by atoms with Crippen LogP contribution in [0.3, 0.4) is 0 Å². The van der Waals surface area contributed by atoms with Crippen LogP contribution in [0.1, 0.15) is 24.8 Å². The zero-order chi connectivity index (χ0) is 13.3. The quantitative estimate of drug-likeness (QED) is 0.877. The van der Waals surface area contributed by atoms with Gasteiger partial charge in [-0.05, 0) is 37.0 Å². The zero-order valence-corrected chi connectivity index (χ0v) is 10.6. The normalized spacial score (nSPS) is 23.2. The Balaban J connectivity index is 1.93. The van der Waals surface area contributed by atoms with E-state index in [4.69, 9.17) is 16.7 Å². The van der Waals surface area contributed by atoms with Gasteiger partial charge in [-0.2, -0.15) is 0 Å². The van der Waals surface area contributed by atoms with E-state index < -0.39 is 12.0 Å². The lowest BCUT2D eigenvalue weighted by Gasteiger charge is -2.08. The van der Waals surface area contributed by atoms with Crippen molar-refractivity contribution in [1.82, 2.24) is 5.32 Å². The fourth-order valence-corrected chi connectivity index (χ4v) is 2.07. The van der Waals surface area contributed by atoms with Crippen molar-refractivity contribution in [2.75, 3.05) is 0 Å². The van der Waals surface area contributed by atoms with Gasteiger partial charge in [-0.25, -0.2) is 0 Å². The number of amides is 1. The van der Waals surface area contributed by atoms with Gasteiger partial charge >= 0.3 is 5.97 Å². The molecule has 2 unspecified atom stereocenters. The van der Waals surface area contributed by atoms with Crippen LogP contribution in [0.25, 0.3) is 0 Å². The van der Waals surface area contributed by atoms with Crippen LogP contribution in [0.15, 0.2) is 24.3 Å². The van der Waals surface area contributed by atoms with Gasteiger partial charge in [-0.3, -0.25) is 9.59 Å². The topological polar surface area (TPSA) is 66.4 Å². The summed E-state index contributed by atoms with van der Waals surface area (Å²) in [7, 11) is 0. The first-order valence-electron chi connectivity index (χ1n) is 5.77. The van der Waals surface area contributed by atoms with Gasteiger partial charge in [-0.15, -0.1) is 0 Å². The molecular formula is C13H14ClNO3. The van der Waals surface area contributed by atoms with E-state index in [1.807, 2.05) is 12.1 Å². The SMILES string of the molecule is C[C@H](NC(=O)C1CC1c1ccc(Cl)cc1)C(=O)O. The number of hydrogen-bond acceptors (Lipinski definition) is 2. The summed E-state index contributed by atoms with van der Waals surface area (Å²) in [6, 6.07) is 6.56. The first-order valence-corrected chi connectivity index (χ1v) is 6.15. The standard InChI is InChI=1S/C13H14ClNO3/c1-7(13(17)18)15-12(16)11-6-10(11)8-2-4-9(14)5-3-8/h2-5,7,10-11H,6H2,1H3,(H,15,16)(H,17,18)/t7-,10?,11?/m0/s1. The lowest BCUT2D eigenvalue weighted by molar-refractivity contribution is -0.141. The Morgan fingerprint density at radius 3 is 2.56 bits per heavy atom. The number of carbonyl (C=O) groups is 2. The van der Waals surface area contributed by atoms with Crippen molar-refractivity contribution in [3.05, 3.63) is 34.9 Å². The molecule has 1 aliphatic rings. The van der Waals surface area contributed by atoms with Crippen LogP contribution < -0.4 is 5.32 Å². The molecule has 0 saturated heterocycles. The Labute approximate surface area is 110 Å². The Morgan fingerprint density at radius 1 is 1.39 bits per heavy atom. The van der Waals surface area contributed by atoms with E-state index in [0.29, 0.717) is 5.02 Å². The third kappa shape index (κ3) is 2.82. The van der Waals surface area contributed by atoms with Crippen LogP contribution in [-0.4, -0.2) is 23.0 Å². The van der Waals surface area contributed by atoms with E-state index in [1.165, 1.54) is 6.92 Å². The van der Waals surface area contributed by atoms with Crippen LogP contribution in [-0.2, 0) is 9.59 Å². The second-order valence-electron chi connectivity index (χ2n) is 4.57. The average molecular weight is 268 g/mol. The molecule has 4 nitrogen and oxygen atoms in total. The van der Waals surface area contributed by atoms with Crippen molar-refractivity contribution in [3.8, 4) is 0 Å². The number of rotatable bonds is 4. The molecule has 0 radical (unpaired) electrons. The molecule has 0 bridgehead atoms. The maximum Gasteiger partial charge on any atom is 0.325 e. The summed E-state index contributed by atoms with van der Waals surface area (Å²) in [4.78, 5) is 22.4. The summed E-state index contributed by atoms with van der Waals surface area (Å²) in [6.45, 7) is 1.46. The van der Waals surface area contributed by atoms with Gasteiger partial charge in [0.05, 0.1) is 0 Å². The molecule has 1 aromatic carbocycles. The minimum Gasteiger partial charge on any atom is -0.480 e. The van der Waals surface area contributed by atoms with Gasteiger partial charge in [0.15, 0.2) is 0 Å². The molecule has 1 aliphatic carbocycles. The predicted molar refractivity (Wildman–Crippen MR) is 67.5 cm³/mol. The van der Waals surface area contributed by atoms with E-state index >= 15 is 0 Å². The second-order valence-corrected chi connectivity index (χ2v) is 5.01. The fourth-order valence-electron chi connectivity index (χ4n) is 1.95. The highest BCUT2D eigenvalue weighted by Crippen LogP contribution is 2.47. The smallest absolute Gasteiger partial charge is 0.325 e. The molecule has 0 aromatic heterocycles. The van der Waals surface area contributed by atoms with Gasteiger partial charge in [0, 0.05) is 10.9 Å². The number of hydrogen-bond donors (Lipinski definition) is 2. The van der Waals surface area contributed by atoms with Gasteiger partial charge in [0.1, 0.15) is 6.04 Å². The molecule has 0 aliphatic heterocycles. The maximum absolute atomic E-state index is 11.8. The van der Waals surface area contributed by atoms with Gasteiger partial charge in [0.25, 0.3) is 0 Å². The minimum absolute atomic E-state index is 0.118. The molecule has 2 N–H and O–H groups in total. The summed E-state index contributed by atoms with van der Waals surface area (Å²) < 4.78 is 0. The Kier molecular flexibility index (Phi) is 3.57. The zero-order valence-electron chi connectivity index (χ0n) is 9.89. The molecule has 1 amide bonds. The third-order valence-electron chi connectivity index (χ3n) is 3.15. The van der Waals surface area contributed by atoms with Crippen LogP contribution in [0, 0.1) is 5.92 Å². The Morgan fingerprint density at radius 2 is 2.00 bits per heavy atom. The number of aliphatic carboxylic acids is 1. The minimum atomic E-state index is -1.02. The molecule has 18 heavy (non-hydrogen) atoms. The largest absolute Gasteiger partial charge is 0.480 e.